The van der Waals surface area contributed by atoms with Gasteiger partial charge in [-0.15, -0.1) is 0 Å². The molecule has 0 spiro atoms. The minimum atomic E-state index is 0.224. The summed E-state index contributed by atoms with van der Waals surface area (Å²) in [5.41, 5.74) is 7.75. The van der Waals surface area contributed by atoms with Crippen molar-refractivity contribution in [3.8, 4) is 0 Å². The van der Waals surface area contributed by atoms with Crippen molar-refractivity contribution in [3.63, 3.8) is 0 Å². The van der Waals surface area contributed by atoms with Gasteiger partial charge >= 0.3 is 6.03 Å². The topological polar surface area (TPSA) is 49.6 Å². The Labute approximate surface area is 126 Å². The molecule has 1 heterocycles. The lowest BCUT2D eigenvalue weighted by molar-refractivity contribution is 0.148. The van der Waals surface area contributed by atoms with E-state index in [2.05, 4.69) is 15.9 Å². The summed E-state index contributed by atoms with van der Waals surface area (Å²) in [6.45, 7) is 2.52. The number of carbonyl (C=O) groups is 1. The molecule has 2 amide bonds. The van der Waals surface area contributed by atoms with Gasteiger partial charge in [-0.3, -0.25) is 0 Å². The highest BCUT2D eigenvalue weighted by atomic mass is 16.2. The van der Waals surface area contributed by atoms with E-state index in [-0.39, 0.29) is 6.03 Å². The van der Waals surface area contributed by atoms with Crippen molar-refractivity contribution in [1.82, 2.24) is 9.80 Å². The largest absolute Gasteiger partial charge is 0.399 e. The molecular formula is C17H25N3O. The summed E-state index contributed by atoms with van der Waals surface area (Å²) in [6, 6.07) is 8.55. The molecular weight excluding hydrogens is 262 g/mol. The number of nitrogen functional groups attached to an aromatic ring is 1. The quantitative estimate of drug-likeness (QED) is 0.868. The van der Waals surface area contributed by atoms with Gasteiger partial charge in [-0.1, -0.05) is 25.0 Å². The van der Waals surface area contributed by atoms with Crippen molar-refractivity contribution >= 4 is 11.7 Å². The Morgan fingerprint density at radius 2 is 1.90 bits per heavy atom. The van der Waals surface area contributed by atoms with Crippen molar-refractivity contribution in [2.75, 3.05) is 18.8 Å². The van der Waals surface area contributed by atoms with Crippen LogP contribution in [0.2, 0.25) is 0 Å². The van der Waals surface area contributed by atoms with E-state index >= 15 is 0 Å². The molecule has 114 valence electrons. The van der Waals surface area contributed by atoms with Crippen LogP contribution in [0.5, 0.6) is 0 Å². The average Bonchev–Trinajstić information content (AvgIpc) is 3.30. The van der Waals surface area contributed by atoms with Gasteiger partial charge in [-0.05, 0) is 43.4 Å². The van der Waals surface area contributed by atoms with Crippen LogP contribution in [0.4, 0.5) is 10.5 Å². The van der Waals surface area contributed by atoms with Crippen LogP contribution in [0.15, 0.2) is 24.3 Å². The molecule has 4 nitrogen and oxygen atoms in total. The minimum absolute atomic E-state index is 0.224. The van der Waals surface area contributed by atoms with Crippen molar-refractivity contribution in [1.29, 1.82) is 0 Å². The Kier molecular flexibility index (Phi) is 4.32. The fraction of sp³-hybridized carbons (Fsp3) is 0.588. The average molecular weight is 287 g/mol. The molecule has 2 fully saturated rings. The van der Waals surface area contributed by atoms with Crippen molar-refractivity contribution in [2.45, 2.75) is 51.1 Å². The van der Waals surface area contributed by atoms with Crippen molar-refractivity contribution < 1.29 is 4.79 Å². The van der Waals surface area contributed by atoms with E-state index in [1.54, 1.807) is 0 Å². The van der Waals surface area contributed by atoms with E-state index in [1.165, 1.54) is 12.8 Å². The standard InChI is InChI=1S/C17H25N3O/c18-15-7-5-6-14(12-15)13-20(16-8-9-16)17(21)19-10-3-1-2-4-11-19/h5-7,12,16H,1-4,8-11,13,18H2. The SMILES string of the molecule is Nc1cccc(CN(C(=O)N2CCCCCC2)C2CC2)c1. The van der Waals surface area contributed by atoms with Gasteiger partial charge in [0.1, 0.15) is 0 Å². The van der Waals surface area contributed by atoms with Crippen LogP contribution >= 0.6 is 0 Å². The molecule has 0 atom stereocenters. The summed E-state index contributed by atoms with van der Waals surface area (Å²) in [5.74, 6) is 0. The number of carbonyl (C=O) groups excluding carboxylic acids is 1. The Morgan fingerprint density at radius 1 is 1.19 bits per heavy atom. The molecule has 1 saturated heterocycles. The Balaban J connectivity index is 1.70. The predicted octanol–water partition coefficient (Wildman–Crippen LogP) is 3.23. The van der Waals surface area contributed by atoms with Gasteiger partial charge in [0, 0.05) is 31.4 Å². The van der Waals surface area contributed by atoms with Crippen LogP contribution < -0.4 is 5.73 Å². The Hall–Kier alpha value is -1.71. The first-order valence-corrected chi connectivity index (χ1v) is 8.14. The maximum Gasteiger partial charge on any atom is 0.320 e. The van der Waals surface area contributed by atoms with Crippen LogP contribution in [-0.2, 0) is 6.54 Å². The number of likely N-dealkylation sites (tertiary alicyclic amines) is 1. The van der Waals surface area contributed by atoms with E-state index in [1.807, 2.05) is 18.2 Å². The number of amides is 2. The zero-order valence-electron chi connectivity index (χ0n) is 12.6. The monoisotopic (exact) mass is 287 g/mol. The first kappa shape index (κ1) is 14.2. The molecule has 2 aliphatic rings. The number of urea groups is 1. The second-order valence-electron chi connectivity index (χ2n) is 6.29. The van der Waals surface area contributed by atoms with Crippen molar-refractivity contribution in [3.05, 3.63) is 29.8 Å². The normalized spacial score (nSPS) is 19.1. The number of benzene rings is 1. The number of nitrogens with zero attached hydrogens (tertiary/aromatic N) is 2. The number of rotatable bonds is 3. The molecule has 3 rings (SSSR count). The zero-order chi connectivity index (χ0) is 14.7. The minimum Gasteiger partial charge on any atom is -0.399 e. The molecule has 0 aromatic heterocycles. The number of hydrogen-bond donors (Lipinski definition) is 1. The highest BCUT2D eigenvalue weighted by Gasteiger charge is 2.34. The molecule has 2 N–H and O–H groups in total. The number of hydrogen-bond acceptors (Lipinski definition) is 2. The molecule has 1 aliphatic heterocycles. The van der Waals surface area contributed by atoms with Gasteiger partial charge in [0.05, 0.1) is 0 Å². The first-order chi connectivity index (χ1) is 10.2. The molecule has 1 saturated carbocycles. The van der Waals surface area contributed by atoms with Crippen LogP contribution in [0.25, 0.3) is 0 Å². The highest BCUT2D eigenvalue weighted by molar-refractivity contribution is 5.75. The van der Waals surface area contributed by atoms with Crippen molar-refractivity contribution in [2.24, 2.45) is 0 Å². The maximum atomic E-state index is 12.8. The molecule has 1 aromatic rings. The van der Waals surface area contributed by atoms with E-state index < -0.39 is 0 Å². The molecule has 4 heteroatoms. The maximum absolute atomic E-state index is 12.8. The highest BCUT2D eigenvalue weighted by Crippen LogP contribution is 2.30. The summed E-state index contributed by atoms with van der Waals surface area (Å²) in [7, 11) is 0. The van der Waals surface area contributed by atoms with Gasteiger partial charge in [0.15, 0.2) is 0 Å². The van der Waals surface area contributed by atoms with Crippen LogP contribution in [0.3, 0.4) is 0 Å². The fourth-order valence-corrected chi connectivity index (χ4v) is 3.07. The molecule has 1 aliphatic carbocycles. The van der Waals surface area contributed by atoms with Crippen LogP contribution in [-0.4, -0.2) is 35.0 Å². The second-order valence-corrected chi connectivity index (χ2v) is 6.29. The van der Waals surface area contributed by atoms with Crippen LogP contribution in [0, 0.1) is 0 Å². The molecule has 0 bridgehead atoms. The van der Waals surface area contributed by atoms with E-state index in [4.69, 9.17) is 5.73 Å². The molecule has 1 aromatic carbocycles. The van der Waals surface area contributed by atoms with E-state index in [0.29, 0.717) is 12.6 Å². The Bertz CT molecular complexity index is 491. The van der Waals surface area contributed by atoms with Gasteiger partial charge in [-0.25, -0.2) is 4.79 Å². The number of nitrogens with two attached hydrogens (primary N) is 1. The smallest absolute Gasteiger partial charge is 0.320 e. The van der Waals surface area contributed by atoms with Gasteiger partial charge in [0.2, 0.25) is 0 Å². The van der Waals surface area contributed by atoms with Gasteiger partial charge < -0.3 is 15.5 Å². The lowest BCUT2D eigenvalue weighted by Crippen LogP contribution is -2.44. The summed E-state index contributed by atoms with van der Waals surface area (Å²) in [6.07, 6.45) is 7.07. The fourth-order valence-electron chi connectivity index (χ4n) is 3.07. The van der Waals surface area contributed by atoms with Gasteiger partial charge in [-0.2, -0.15) is 0 Å². The number of anilines is 1. The summed E-state index contributed by atoms with van der Waals surface area (Å²) in [4.78, 5) is 17.0. The van der Waals surface area contributed by atoms with E-state index in [0.717, 1.165) is 50.0 Å². The zero-order valence-corrected chi connectivity index (χ0v) is 12.6. The lowest BCUT2D eigenvalue weighted by atomic mass is 10.2. The summed E-state index contributed by atoms with van der Waals surface area (Å²) < 4.78 is 0. The third kappa shape index (κ3) is 3.69. The molecule has 0 radical (unpaired) electrons. The predicted molar refractivity (Wildman–Crippen MR) is 84.9 cm³/mol. The van der Waals surface area contributed by atoms with Gasteiger partial charge in [0.25, 0.3) is 0 Å². The summed E-state index contributed by atoms with van der Waals surface area (Å²) in [5, 5.41) is 0. The molecule has 21 heavy (non-hydrogen) atoms. The summed E-state index contributed by atoms with van der Waals surface area (Å²) >= 11 is 0. The van der Waals surface area contributed by atoms with E-state index in [9.17, 15) is 4.79 Å². The Morgan fingerprint density at radius 3 is 2.52 bits per heavy atom. The third-order valence-electron chi connectivity index (χ3n) is 4.41. The third-order valence-corrected chi connectivity index (χ3v) is 4.41. The first-order valence-electron chi connectivity index (χ1n) is 8.14. The molecule has 0 unspecified atom stereocenters. The van der Waals surface area contributed by atoms with Crippen LogP contribution in [0.1, 0.15) is 44.1 Å². The second kappa shape index (κ2) is 6.37. The lowest BCUT2D eigenvalue weighted by Gasteiger charge is -2.30.